The Hall–Kier alpha value is -0.980. The van der Waals surface area contributed by atoms with E-state index in [9.17, 15) is 0 Å². The summed E-state index contributed by atoms with van der Waals surface area (Å²) in [4.78, 5) is 4.27. The molecule has 1 aliphatic heterocycles. The minimum Gasteiger partial charge on any atom is -0.383 e. The summed E-state index contributed by atoms with van der Waals surface area (Å²) >= 11 is 0. The van der Waals surface area contributed by atoms with Crippen molar-refractivity contribution >= 4 is 0 Å². The van der Waals surface area contributed by atoms with Crippen molar-refractivity contribution in [3.05, 3.63) is 12.2 Å². The molecule has 0 saturated carbocycles. The van der Waals surface area contributed by atoms with Crippen molar-refractivity contribution < 1.29 is 9.47 Å². The lowest BCUT2D eigenvalue weighted by molar-refractivity contribution is 0.0991. The molecule has 1 aromatic rings. The van der Waals surface area contributed by atoms with Crippen LogP contribution in [0.1, 0.15) is 25.1 Å². The summed E-state index contributed by atoms with van der Waals surface area (Å²) in [6.07, 6.45) is 5.41. The van der Waals surface area contributed by atoms with Gasteiger partial charge in [0.15, 0.2) is 0 Å². The quantitative estimate of drug-likeness (QED) is 0.688. The van der Waals surface area contributed by atoms with Gasteiger partial charge < -0.3 is 14.8 Å². The molecule has 2 heterocycles. The van der Waals surface area contributed by atoms with Crippen molar-refractivity contribution in [3.8, 4) is 0 Å². The Balaban J connectivity index is 1.72. The maximum Gasteiger partial charge on any atom is 0.140 e. The van der Waals surface area contributed by atoms with E-state index in [-0.39, 0.29) is 0 Å². The SMILES string of the molecule is COCCNCc1ncnn1CCC1CCCO1. The highest BCUT2D eigenvalue weighted by Gasteiger charge is 2.16. The van der Waals surface area contributed by atoms with Crippen molar-refractivity contribution in [2.24, 2.45) is 0 Å². The van der Waals surface area contributed by atoms with Gasteiger partial charge in [-0.05, 0) is 19.3 Å². The summed E-state index contributed by atoms with van der Waals surface area (Å²) < 4.78 is 12.6. The monoisotopic (exact) mass is 254 g/mol. The highest BCUT2D eigenvalue weighted by molar-refractivity contribution is 4.84. The molecule has 1 aromatic heterocycles. The molecule has 2 rings (SSSR count). The molecule has 102 valence electrons. The normalized spacial score (nSPS) is 19.5. The van der Waals surface area contributed by atoms with Crippen LogP contribution in [-0.4, -0.2) is 47.7 Å². The third kappa shape index (κ3) is 4.04. The van der Waals surface area contributed by atoms with Crippen LogP contribution in [0, 0.1) is 0 Å². The maximum absolute atomic E-state index is 5.61. The van der Waals surface area contributed by atoms with Gasteiger partial charge in [-0.3, -0.25) is 0 Å². The third-order valence-electron chi connectivity index (χ3n) is 3.15. The highest BCUT2D eigenvalue weighted by atomic mass is 16.5. The van der Waals surface area contributed by atoms with Gasteiger partial charge in [0.1, 0.15) is 12.2 Å². The summed E-state index contributed by atoms with van der Waals surface area (Å²) in [6, 6.07) is 0. The summed E-state index contributed by atoms with van der Waals surface area (Å²) in [5.41, 5.74) is 0. The van der Waals surface area contributed by atoms with E-state index in [0.717, 1.165) is 38.5 Å². The number of aryl methyl sites for hydroxylation is 1. The molecule has 1 aliphatic rings. The topological polar surface area (TPSA) is 61.2 Å². The molecular formula is C12H22N4O2. The van der Waals surface area contributed by atoms with Gasteiger partial charge in [-0.1, -0.05) is 0 Å². The maximum atomic E-state index is 5.61. The van der Waals surface area contributed by atoms with Crippen LogP contribution < -0.4 is 5.32 Å². The summed E-state index contributed by atoms with van der Waals surface area (Å²) in [6.45, 7) is 4.06. The fourth-order valence-electron chi connectivity index (χ4n) is 2.12. The van der Waals surface area contributed by atoms with Crippen molar-refractivity contribution in [2.45, 2.75) is 38.5 Å². The molecule has 1 atom stereocenters. The fraction of sp³-hybridized carbons (Fsp3) is 0.833. The first-order valence-electron chi connectivity index (χ1n) is 6.58. The molecule has 1 unspecified atom stereocenters. The molecule has 1 N–H and O–H groups in total. The van der Waals surface area contributed by atoms with E-state index in [2.05, 4.69) is 15.4 Å². The van der Waals surface area contributed by atoms with E-state index in [1.54, 1.807) is 13.4 Å². The first-order valence-corrected chi connectivity index (χ1v) is 6.58. The van der Waals surface area contributed by atoms with Gasteiger partial charge in [-0.2, -0.15) is 5.10 Å². The Kier molecular flexibility index (Phi) is 5.57. The Morgan fingerprint density at radius 2 is 2.56 bits per heavy atom. The summed E-state index contributed by atoms with van der Waals surface area (Å²) in [5, 5.41) is 7.53. The van der Waals surface area contributed by atoms with E-state index < -0.39 is 0 Å². The van der Waals surface area contributed by atoms with Crippen LogP contribution in [0.15, 0.2) is 6.33 Å². The van der Waals surface area contributed by atoms with E-state index in [4.69, 9.17) is 9.47 Å². The standard InChI is InChI=1S/C12H22N4O2/c1-17-8-5-13-9-12-14-10-15-16(12)6-4-11-3-2-7-18-11/h10-11,13H,2-9H2,1H3. The van der Waals surface area contributed by atoms with Crippen molar-refractivity contribution in [3.63, 3.8) is 0 Å². The number of nitrogens with zero attached hydrogens (tertiary/aromatic N) is 3. The van der Waals surface area contributed by atoms with Crippen molar-refractivity contribution in [1.82, 2.24) is 20.1 Å². The Morgan fingerprint density at radius 1 is 1.61 bits per heavy atom. The first kappa shape index (κ1) is 13.5. The molecule has 18 heavy (non-hydrogen) atoms. The van der Waals surface area contributed by atoms with E-state index in [0.29, 0.717) is 12.7 Å². The number of hydrogen-bond acceptors (Lipinski definition) is 5. The number of rotatable bonds is 8. The molecule has 0 spiro atoms. The summed E-state index contributed by atoms with van der Waals surface area (Å²) in [5.74, 6) is 0.976. The van der Waals surface area contributed by atoms with Gasteiger partial charge in [-0.15, -0.1) is 0 Å². The predicted molar refractivity (Wildman–Crippen MR) is 67.2 cm³/mol. The number of hydrogen-bond donors (Lipinski definition) is 1. The Labute approximate surface area is 108 Å². The lowest BCUT2D eigenvalue weighted by Crippen LogP contribution is -2.22. The van der Waals surface area contributed by atoms with Crippen molar-refractivity contribution in [2.75, 3.05) is 26.9 Å². The number of ether oxygens (including phenoxy) is 2. The van der Waals surface area contributed by atoms with Gasteiger partial charge in [0.2, 0.25) is 0 Å². The largest absolute Gasteiger partial charge is 0.383 e. The minimum absolute atomic E-state index is 0.406. The molecule has 1 fully saturated rings. The van der Waals surface area contributed by atoms with E-state index >= 15 is 0 Å². The smallest absolute Gasteiger partial charge is 0.140 e. The average molecular weight is 254 g/mol. The first-order chi connectivity index (χ1) is 8.90. The van der Waals surface area contributed by atoms with Gasteiger partial charge in [0.25, 0.3) is 0 Å². The summed E-state index contributed by atoms with van der Waals surface area (Å²) in [7, 11) is 1.70. The lowest BCUT2D eigenvalue weighted by atomic mass is 10.2. The van der Waals surface area contributed by atoms with Crippen LogP contribution in [-0.2, 0) is 22.6 Å². The lowest BCUT2D eigenvalue weighted by Gasteiger charge is -2.11. The van der Waals surface area contributed by atoms with Crippen LogP contribution >= 0.6 is 0 Å². The molecule has 1 saturated heterocycles. The van der Waals surface area contributed by atoms with Crippen LogP contribution in [0.25, 0.3) is 0 Å². The molecule has 0 bridgehead atoms. The number of aromatic nitrogens is 3. The molecule has 0 amide bonds. The zero-order chi connectivity index (χ0) is 12.6. The highest BCUT2D eigenvalue weighted by Crippen LogP contribution is 2.15. The molecule has 6 heteroatoms. The Bertz CT molecular complexity index is 337. The molecule has 0 aliphatic carbocycles. The number of nitrogens with one attached hydrogen (secondary N) is 1. The third-order valence-corrected chi connectivity index (χ3v) is 3.15. The van der Waals surface area contributed by atoms with Gasteiger partial charge in [0, 0.05) is 26.8 Å². The van der Waals surface area contributed by atoms with Gasteiger partial charge >= 0.3 is 0 Å². The molecule has 0 aromatic carbocycles. The van der Waals surface area contributed by atoms with Crippen molar-refractivity contribution in [1.29, 1.82) is 0 Å². The predicted octanol–water partition coefficient (Wildman–Crippen LogP) is 0.583. The molecule has 6 nitrogen and oxygen atoms in total. The second-order valence-corrected chi connectivity index (χ2v) is 4.49. The minimum atomic E-state index is 0.406. The van der Waals surface area contributed by atoms with Gasteiger partial charge in [-0.25, -0.2) is 9.67 Å². The van der Waals surface area contributed by atoms with Crippen LogP contribution in [0.4, 0.5) is 0 Å². The molecule has 0 radical (unpaired) electrons. The van der Waals surface area contributed by atoms with Crippen LogP contribution in [0.2, 0.25) is 0 Å². The van der Waals surface area contributed by atoms with Gasteiger partial charge in [0.05, 0.1) is 19.3 Å². The van der Waals surface area contributed by atoms with E-state index in [1.165, 1.54) is 12.8 Å². The van der Waals surface area contributed by atoms with E-state index in [1.807, 2.05) is 4.68 Å². The zero-order valence-electron chi connectivity index (χ0n) is 11.0. The Morgan fingerprint density at radius 3 is 3.33 bits per heavy atom. The number of methoxy groups -OCH3 is 1. The molecular weight excluding hydrogens is 232 g/mol. The second-order valence-electron chi connectivity index (χ2n) is 4.49. The fourth-order valence-corrected chi connectivity index (χ4v) is 2.12. The second kappa shape index (κ2) is 7.45. The van der Waals surface area contributed by atoms with Crippen LogP contribution in [0.3, 0.4) is 0 Å². The van der Waals surface area contributed by atoms with Crippen LogP contribution in [0.5, 0.6) is 0 Å². The zero-order valence-corrected chi connectivity index (χ0v) is 11.0. The average Bonchev–Trinajstić information content (AvgIpc) is 3.03.